The van der Waals surface area contributed by atoms with E-state index in [9.17, 15) is 0 Å². The van der Waals surface area contributed by atoms with E-state index in [0.717, 1.165) is 43.9 Å². The number of hydrogen-bond donors (Lipinski definition) is 1. The molecule has 6 nitrogen and oxygen atoms in total. The van der Waals surface area contributed by atoms with Gasteiger partial charge in [-0.25, -0.2) is 14.6 Å². The molecule has 0 spiro atoms. The second-order valence-electron chi connectivity index (χ2n) is 11.3. The lowest BCUT2D eigenvalue weighted by Crippen LogP contribution is -2.42. The van der Waals surface area contributed by atoms with Gasteiger partial charge in [0, 0.05) is 60.3 Å². The third-order valence-corrected chi connectivity index (χ3v) is 9.15. The van der Waals surface area contributed by atoms with E-state index in [0.29, 0.717) is 0 Å². The molecule has 0 amide bonds. The average Bonchev–Trinajstić information content (AvgIpc) is 3.57. The van der Waals surface area contributed by atoms with E-state index in [4.69, 9.17) is 5.10 Å². The normalized spacial score (nSPS) is 23.5. The standard InChI is InChI=1S/C31H34N6/c1-6-20-9-8-10-21-24-15-30(4,7-2)27-23(11-13-32-27)31(24,5)28-22-18-36(29-33-16-19(3)17-34-29)14-12-25(22)35-37(28)26(20)21/h8-11,13,15-17,32H,6-7,12,14,18H2,1-5H3. The van der Waals surface area contributed by atoms with Gasteiger partial charge in [-0.2, -0.15) is 5.10 Å². The van der Waals surface area contributed by atoms with Crippen LogP contribution in [-0.4, -0.2) is 31.3 Å². The van der Waals surface area contributed by atoms with Crippen molar-refractivity contribution < 1.29 is 0 Å². The third-order valence-electron chi connectivity index (χ3n) is 9.15. The molecule has 3 aromatic heterocycles. The van der Waals surface area contributed by atoms with Crippen molar-refractivity contribution in [3.63, 3.8) is 0 Å². The van der Waals surface area contributed by atoms with Gasteiger partial charge in [0.05, 0.1) is 22.5 Å². The van der Waals surface area contributed by atoms with E-state index in [1.807, 2.05) is 19.3 Å². The molecule has 188 valence electrons. The van der Waals surface area contributed by atoms with E-state index in [2.05, 4.69) is 88.8 Å². The summed E-state index contributed by atoms with van der Waals surface area (Å²) in [4.78, 5) is 15.3. The Bertz CT molecular complexity index is 1570. The summed E-state index contributed by atoms with van der Waals surface area (Å²) < 4.78 is 2.31. The minimum absolute atomic E-state index is 0.0445. The highest BCUT2D eigenvalue weighted by atomic mass is 15.3. The summed E-state index contributed by atoms with van der Waals surface area (Å²) in [5, 5.41) is 5.35. The van der Waals surface area contributed by atoms with E-state index < -0.39 is 0 Å². The minimum Gasteiger partial charge on any atom is -0.364 e. The first-order valence-corrected chi connectivity index (χ1v) is 13.6. The number of benzene rings is 1. The van der Waals surface area contributed by atoms with E-state index in [1.165, 1.54) is 50.6 Å². The fraction of sp³-hybridized carbons (Fsp3) is 0.387. The first-order valence-electron chi connectivity index (χ1n) is 13.6. The molecule has 1 aromatic carbocycles. The monoisotopic (exact) mass is 490 g/mol. The number of para-hydroxylation sites is 1. The molecule has 5 heterocycles. The molecule has 1 N–H and O–H groups in total. The van der Waals surface area contributed by atoms with Gasteiger partial charge in [0.25, 0.3) is 0 Å². The molecular formula is C31H34N6. The van der Waals surface area contributed by atoms with Crippen molar-refractivity contribution in [2.75, 3.05) is 11.4 Å². The van der Waals surface area contributed by atoms with Crippen LogP contribution in [0.1, 0.15) is 79.0 Å². The van der Waals surface area contributed by atoms with Crippen molar-refractivity contribution in [1.29, 1.82) is 0 Å². The Hall–Kier alpha value is -3.67. The first-order chi connectivity index (χ1) is 17.9. The van der Waals surface area contributed by atoms with Crippen LogP contribution < -0.4 is 4.90 Å². The molecule has 4 aromatic rings. The third kappa shape index (κ3) is 2.90. The van der Waals surface area contributed by atoms with Gasteiger partial charge in [0.2, 0.25) is 5.95 Å². The van der Waals surface area contributed by atoms with Gasteiger partial charge in [-0.1, -0.05) is 45.0 Å². The van der Waals surface area contributed by atoms with Gasteiger partial charge in [-0.15, -0.1) is 0 Å². The number of hydrogen-bond acceptors (Lipinski definition) is 4. The highest BCUT2D eigenvalue weighted by molar-refractivity contribution is 5.89. The zero-order valence-electron chi connectivity index (χ0n) is 22.4. The van der Waals surface area contributed by atoms with Crippen LogP contribution in [-0.2, 0) is 30.2 Å². The second kappa shape index (κ2) is 7.67. The molecule has 37 heavy (non-hydrogen) atoms. The highest BCUT2D eigenvalue weighted by Gasteiger charge is 2.51. The number of rotatable bonds is 3. The van der Waals surface area contributed by atoms with Crippen LogP contribution in [0.2, 0.25) is 0 Å². The van der Waals surface area contributed by atoms with E-state index in [-0.39, 0.29) is 10.8 Å². The molecule has 2 atom stereocenters. The SMILES string of the molecule is CCc1cccc2c1-n1nc3c(c1C1(C)C2=CC(C)(CC)c2[nH]ccc21)CN(c1ncc(C)cn1)CC3. The van der Waals surface area contributed by atoms with Crippen LogP contribution in [0, 0.1) is 6.92 Å². The summed E-state index contributed by atoms with van der Waals surface area (Å²) in [7, 11) is 0. The number of aromatic nitrogens is 5. The Morgan fingerprint density at radius 3 is 2.65 bits per heavy atom. The number of aryl methyl sites for hydroxylation is 2. The van der Waals surface area contributed by atoms with Crippen LogP contribution >= 0.6 is 0 Å². The van der Waals surface area contributed by atoms with Crippen LogP contribution in [0.4, 0.5) is 5.95 Å². The highest BCUT2D eigenvalue weighted by Crippen LogP contribution is 2.58. The lowest BCUT2D eigenvalue weighted by atomic mass is 9.59. The number of anilines is 1. The fourth-order valence-electron chi connectivity index (χ4n) is 6.93. The van der Waals surface area contributed by atoms with Crippen molar-refractivity contribution in [2.45, 2.75) is 71.3 Å². The molecule has 0 saturated heterocycles. The largest absolute Gasteiger partial charge is 0.364 e. The number of H-pyrrole nitrogens is 1. The smallest absolute Gasteiger partial charge is 0.225 e. The predicted octanol–water partition coefficient (Wildman–Crippen LogP) is 5.81. The molecule has 7 rings (SSSR count). The van der Waals surface area contributed by atoms with Gasteiger partial charge < -0.3 is 9.88 Å². The van der Waals surface area contributed by atoms with E-state index in [1.54, 1.807) is 0 Å². The molecule has 0 bridgehead atoms. The molecule has 2 aliphatic heterocycles. The van der Waals surface area contributed by atoms with Crippen LogP contribution in [0.25, 0.3) is 11.3 Å². The summed E-state index contributed by atoms with van der Waals surface area (Å²) in [6.07, 6.45) is 11.4. The molecule has 1 aliphatic carbocycles. The Labute approximate surface area is 218 Å². The molecule has 0 saturated carbocycles. The average molecular weight is 491 g/mol. The quantitative estimate of drug-likeness (QED) is 0.394. The number of allylic oxidation sites excluding steroid dienone is 2. The number of nitrogens with one attached hydrogen (secondary N) is 1. The van der Waals surface area contributed by atoms with E-state index >= 15 is 0 Å². The van der Waals surface area contributed by atoms with Crippen molar-refractivity contribution in [1.82, 2.24) is 24.7 Å². The maximum atomic E-state index is 5.35. The lowest BCUT2D eigenvalue weighted by Gasteiger charge is -2.46. The molecule has 0 fully saturated rings. The van der Waals surface area contributed by atoms with Crippen LogP contribution in [0.3, 0.4) is 0 Å². The Kier molecular flexibility index (Phi) is 4.67. The van der Waals surface area contributed by atoms with Crippen molar-refractivity contribution in [3.05, 3.63) is 93.8 Å². The van der Waals surface area contributed by atoms with Crippen LogP contribution in [0.15, 0.2) is 48.9 Å². The Balaban J connectivity index is 1.52. The summed E-state index contributed by atoms with van der Waals surface area (Å²) in [6.45, 7) is 13.0. The van der Waals surface area contributed by atoms with Gasteiger partial charge in [0.15, 0.2) is 0 Å². The second-order valence-corrected chi connectivity index (χ2v) is 11.3. The zero-order chi connectivity index (χ0) is 25.5. The molecule has 3 aliphatic rings. The molecule has 0 radical (unpaired) electrons. The zero-order valence-corrected chi connectivity index (χ0v) is 22.4. The van der Waals surface area contributed by atoms with Crippen LogP contribution in [0.5, 0.6) is 0 Å². The van der Waals surface area contributed by atoms with Gasteiger partial charge in [-0.05, 0) is 55.0 Å². The summed E-state index contributed by atoms with van der Waals surface area (Å²) in [6, 6.07) is 9.10. The van der Waals surface area contributed by atoms with Gasteiger partial charge >= 0.3 is 0 Å². The van der Waals surface area contributed by atoms with Crippen molar-refractivity contribution in [3.8, 4) is 5.69 Å². The summed E-state index contributed by atoms with van der Waals surface area (Å²) in [5.41, 5.74) is 12.6. The molecular weight excluding hydrogens is 456 g/mol. The topological polar surface area (TPSA) is 62.6 Å². The summed E-state index contributed by atoms with van der Waals surface area (Å²) >= 11 is 0. The summed E-state index contributed by atoms with van der Waals surface area (Å²) in [5.74, 6) is 0.798. The maximum Gasteiger partial charge on any atom is 0.225 e. The minimum atomic E-state index is -0.304. The Morgan fingerprint density at radius 2 is 1.89 bits per heavy atom. The predicted molar refractivity (Wildman–Crippen MR) is 147 cm³/mol. The number of fused-ring (bicyclic) bond motifs is 10. The van der Waals surface area contributed by atoms with Gasteiger partial charge in [0.1, 0.15) is 0 Å². The van der Waals surface area contributed by atoms with Crippen molar-refractivity contribution in [2.24, 2.45) is 0 Å². The Morgan fingerprint density at radius 1 is 1.08 bits per heavy atom. The fourth-order valence-corrected chi connectivity index (χ4v) is 6.93. The first kappa shape index (κ1) is 22.5. The number of aromatic amines is 1. The molecule has 2 unspecified atom stereocenters. The molecule has 6 heteroatoms. The van der Waals surface area contributed by atoms with Crippen molar-refractivity contribution >= 4 is 11.5 Å². The number of nitrogens with zero attached hydrogens (tertiary/aromatic N) is 5. The lowest BCUT2D eigenvalue weighted by molar-refractivity contribution is 0.508. The maximum absolute atomic E-state index is 5.35. The van der Waals surface area contributed by atoms with Gasteiger partial charge in [-0.3, -0.25) is 0 Å².